The van der Waals surface area contributed by atoms with Gasteiger partial charge in [-0.2, -0.15) is 11.8 Å². The summed E-state index contributed by atoms with van der Waals surface area (Å²) in [7, 11) is 0. The Bertz CT molecular complexity index is 960. The van der Waals surface area contributed by atoms with E-state index < -0.39 is 17.8 Å². The minimum Gasteiger partial charge on any atom is -0.406 e. The predicted octanol–water partition coefficient (Wildman–Crippen LogP) is 3.48. The molecule has 2 heterocycles. The largest absolute Gasteiger partial charge is 0.406 e. The Morgan fingerprint density at radius 2 is 1.83 bits per heavy atom. The average molecular weight is 412 g/mol. The highest BCUT2D eigenvalue weighted by Gasteiger charge is 2.25. The lowest BCUT2D eigenvalue weighted by molar-refractivity contribution is 0.0926. The Balaban J connectivity index is 1.57. The van der Waals surface area contributed by atoms with Gasteiger partial charge in [0.15, 0.2) is 0 Å². The molecule has 0 spiro atoms. The average Bonchev–Trinajstić information content (AvgIpc) is 3.25. The summed E-state index contributed by atoms with van der Waals surface area (Å²) >= 11 is 1.89. The predicted molar refractivity (Wildman–Crippen MR) is 111 cm³/mol. The molecule has 1 amide bonds. The summed E-state index contributed by atoms with van der Waals surface area (Å²) in [5, 5.41) is 11.2. The smallest absolute Gasteiger partial charge is 0.318 e. The molecule has 1 unspecified atom stereocenters. The van der Waals surface area contributed by atoms with Crippen LogP contribution in [0.5, 0.6) is 0 Å². The number of carbonyl (C=O) groups excluding carboxylic acids is 1. The van der Waals surface area contributed by atoms with Gasteiger partial charge in [-0.05, 0) is 17.7 Å². The number of nitrogens with one attached hydrogen (secondary N) is 1. The van der Waals surface area contributed by atoms with Crippen molar-refractivity contribution in [3.63, 3.8) is 0 Å². The van der Waals surface area contributed by atoms with Crippen LogP contribution in [0.15, 0.2) is 59.0 Å². The van der Waals surface area contributed by atoms with E-state index in [0.29, 0.717) is 18.3 Å². The zero-order valence-corrected chi connectivity index (χ0v) is 16.6. The second-order valence-electron chi connectivity index (χ2n) is 6.72. The molecule has 1 aliphatic heterocycles. The maximum Gasteiger partial charge on any atom is 0.318 e. The number of hydrogen-bond donors (Lipinski definition) is 1. The lowest BCUT2D eigenvalue weighted by Gasteiger charge is -2.24. The lowest BCUT2D eigenvalue weighted by atomic mass is 10.1. The Kier molecular flexibility index (Phi) is 6.09. The summed E-state index contributed by atoms with van der Waals surface area (Å²) < 4.78 is 20.0. The first-order chi connectivity index (χ1) is 14.2. The molecule has 29 heavy (non-hydrogen) atoms. The first-order valence-corrected chi connectivity index (χ1v) is 10.6. The Morgan fingerprint density at radius 3 is 2.59 bits per heavy atom. The number of benzene rings is 2. The molecule has 0 saturated carbocycles. The standard InChI is InChI=1S/C21H21FN4O2S/c22-17-9-5-4-8-16(17)19(27)23-18(14-15-6-2-1-3-7-15)20-24-25-21(28-20)26-10-12-29-13-11-26/h1-9,18H,10-14H2,(H,23,27). The summed E-state index contributed by atoms with van der Waals surface area (Å²) in [5.41, 5.74) is 0.985. The fourth-order valence-electron chi connectivity index (χ4n) is 3.18. The molecule has 1 aromatic heterocycles. The molecule has 0 bridgehead atoms. The minimum atomic E-state index is -0.569. The molecular formula is C21H21FN4O2S. The second-order valence-corrected chi connectivity index (χ2v) is 7.94. The summed E-state index contributed by atoms with van der Waals surface area (Å²) in [4.78, 5) is 14.7. The first kappa shape index (κ1) is 19.4. The van der Waals surface area contributed by atoms with Crippen molar-refractivity contribution < 1.29 is 13.6 Å². The van der Waals surface area contributed by atoms with E-state index in [4.69, 9.17) is 4.42 Å². The number of hydrogen-bond acceptors (Lipinski definition) is 6. The van der Waals surface area contributed by atoms with Gasteiger partial charge in [0.2, 0.25) is 5.89 Å². The number of nitrogens with zero attached hydrogens (tertiary/aromatic N) is 3. The molecule has 3 aromatic rings. The molecule has 1 fully saturated rings. The van der Waals surface area contributed by atoms with E-state index in [1.54, 1.807) is 12.1 Å². The zero-order valence-electron chi connectivity index (χ0n) is 15.8. The number of aromatic nitrogens is 2. The van der Waals surface area contributed by atoms with Gasteiger partial charge >= 0.3 is 6.01 Å². The van der Waals surface area contributed by atoms with Gasteiger partial charge in [-0.15, -0.1) is 5.10 Å². The maximum atomic E-state index is 14.0. The molecule has 2 aromatic carbocycles. The van der Waals surface area contributed by atoms with Crippen molar-refractivity contribution in [1.29, 1.82) is 0 Å². The number of halogens is 1. The number of anilines is 1. The highest BCUT2D eigenvalue weighted by molar-refractivity contribution is 7.99. The molecule has 1 atom stereocenters. The number of amides is 1. The van der Waals surface area contributed by atoms with Crippen LogP contribution >= 0.6 is 11.8 Å². The van der Waals surface area contributed by atoms with Crippen LogP contribution in [-0.2, 0) is 6.42 Å². The summed E-state index contributed by atoms with van der Waals surface area (Å²) in [5.74, 6) is 1.25. The fourth-order valence-corrected chi connectivity index (χ4v) is 4.08. The molecule has 1 aliphatic rings. The molecule has 8 heteroatoms. The lowest BCUT2D eigenvalue weighted by Crippen LogP contribution is -2.32. The minimum absolute atomic E-state index is 0.0154. The highest BCUT2D eigenvalue weighted by atomic mass is 32.2. The molecule has 6 nitrogen and oxygen atoms in total. The molecular weight excluding hydrogens is 391 g/mol. The van der Waals surface area contributed by atoms with Crippen LogP contribution in [0.25, 0.3) is 0 Å². The van der Waals surface area contributed by atoms with Gasteiger partial charge in [0.1, 0.15) is 11.9 Å². The third kappa shape index (κ3) is 4.76. The second kappa shape index (κ2) is 9.09. The zero-order chi connectivity index (χ0) is 20.1. The first-order valence-electron chi connectivity index (χ1n) is 9.46. The molecule has 0 aliphatic carbocycles. The van der Waals surface area contributed by atoms with Crippen molar-refractivity contribution in [2.24, 2.45) is 0 Å². The van der Waals surface area contributed by atoms with Gasteiger partial charge in [0, 0.05) is 31.0 Å². The van der Waals surface area contributed by atoms with Gasteiger partial charge in [-0.3, -0.25) is 4.79 Å². The molecule has 4 rings (SSSR count). The van der Waals surface area contributed by atoms with E-state index in [1.165, 1.54) is 12.1 Å². The van der Waals surface area contributed by atoms with Crippen LogP contribution in [0.4, 0.5) is 10.4 Å². The molecule has 150 valence electrons. The Morgan fingerprint density at radius 1 is 1.10 bits per heavy atom. The van der Waals surface area contributed by atoms with Crippen molar-refractivity contribution in [1.82, 2.24) is 15.5 Å². The number of carbonyl (C=O) groups is 1. The van der Waals surface area contributed by atoms with E-state index in [0.717, 1.165) is 30.2 Å². The molecule has 0 radical (unpaired) electrons. The van der Waals surface area contributed by atoms with Crippen LogP contribution in [-0.4, -0.2) is 40.7 Å². The van der Waals surface area contributed by atoms with Crippen molar-refractivity contribution in [2.45, 2.75) is 12.5 Å². The van der Waals surface area contributed by atoms with Crippen molar-refractivity contribution >= 4 is 23.7 Å². The van der Waals surface area contributed by atoms with E-state index in [2.05, 4.69) is 15.5 Å². The molecule has 1 N–H and O–H groups in total. The van der Waals surface area contributed by atoms with Crippen LogP contribution < -0.4 is 10.2 Å². The van der Waals surface area contributed by atoms with Crippen molar-refractivity contribution in [3.05, 3.63) is 77.4 Å². The fraction of sp³-hybridized carbons (Fsp3) is 0.286. The van der Waals surface area contributed by atoms with E-state index in [9.17, 15) is 9.18 Å². The number of rotatable bonds is 6. The van der Waals surface area contributed by atoms with Crippen LogP contribution in [0.1, 0.15) is 27.9 Å². The van der Waals surface area contributed by atoms with Gasteiger partial charge < -0.3 is 14.6 Å². The Hall–Kier alpha value is -2.87. The van der Waals surface area contributed by atoms with Crippen LogP contribution in [0.3, 0.4) is 0 Å². The summed E-state index contributed by atoms with van der Waals surface area (Å²) in [6, 6.07) is 15.5. The van der Waals surface area contributed by atoms with E-state index in [1.807, 2.05) is 47.0 Å². The highest BCUT2D eigenvalue weighted by Crippen LogP contribution is 2.24. The summed E-state index contributed by atoms with van der Waals surface area (Å²) in [6.45, 7) is 1.69. The topological polar surface area (TPSA) is 71.3 Å². The summed E-state index contributed by atoms with van der Waals surface area (Å²) in [6.07, 6.45) is 0.457. The van der Waals surface area contributed by atoms with E-state index in [-0.39, 0.29) is 5.56 Å². The van der Waals surface area contributed by atoms with Crippen LogP contribution in [0.2, 0.25) is 0 Å². The third-order valence-corrected chi connectivity index (χ3v) is 5.66. The third-order valence-electron chi connectivity index (χ3n) is 4.72. The van der Waals surface area contributed by atoms with E-state index >= 15 is 0 Å². The monoisotopic (exact) mass is 412 g/mol. The van der Waals surface area contributed by atoms with Crippen molar-refractivity contribution in [2.75, 3.05) is 29.5 Å². The van der Waals surface area contributed by atoms with Gasteiger partial charge in [0.25, 0.3) is 5.91 Å². The maximum absolute atomic E-state index is 14.0. The van der Waals surface area contributed by atoms with Gasteiger partial charge in [-0.25, -0.2) is 4.39 Å². The quantitative estimate of drug-likeness (QED) is 0.668. The molecule has 1 saturated heterocycles. The number of thioether (sulfide) groups is 1. The van der Waals surface area contributed by atoms with Gasteiger partial charge in [-0.1, -0.05) is 47.6 Å². The van der Waals surface area contributed by atoms with Gasteiger partial charge in [0.05, 0.1) is 5.56 Å². The normalized spacial score (nSPS) is 15.1. The van der Waals surface area contributed by atoms with Crippen LogP contribution in [0, 0.1) is 5.82 Å². The van der Waals surface area contributed by atoms with Crippen molar-refractivity contribution in [3.8, 4) is 0 Å². The Labute approximate surface area is 172 Å². The SMILES string of the molecule is O=C(NC(Cc1ccccc1)c1nnc(N2CCSCC2)o1)c1ccccc1F.